The van der Waals surface area contributed by atoms with E-state index >= 15 is 0 Å². The van der Waals surface area contributed by atoms with E-state index in [1.807, 2.05) is 0 Å². The lowest BCUT2D eigenvalue weighted by molar-refractivity contribution is 0.579. The van der Waals surface area contributed by atoms with Gasteiger partial charge in [-0.3, -0.25) is 0 Å². The molecule has 2 rings (SSSR count). The highest BCUT2D eigenvalue weighted by atomic mass is 32.2. The molecule has 0 unspecified atom stereocenters. The molecule has 1 heterocycles. The summed E-state index contributed by atoms with van der Waals surface area (Å²) in [5, 5.41) is 4.01. The van der Waals surface area contributed by atoms with E-state index in [1.54, 1.807) is 38.0 Å². The number of benzene rings is 1. The van der Waals surface area contributed by atoms with Gasteiger partial charge in [0.2, 0.25) is 11.9 Å². The Labute approximate surface area is 122 Å². The number of hydrogen-bond acceptors (Lipinski definition) is 6. The van der Waals surface area contributed by atoms with Crippen molar-refractivity contribution in [3.63, 3.8) is 0 Å². The molecule has 0 aliphatic heterocycles. The second-order valence-electron chi connectivity index (χ2n) is 4.80. The number of rotatable bonds is 4. The van der Waals surface area contributed by atoms with Gasteiger partial charge in [0.05, 0.1) is 4.90 Å². The molecule has 0 bridgehead atoms. The van der Waals surface area contributed by atoms with Gasteiger partial charge in [-0.15, -0.1) is 9.19 Å². The Morgan fingerprint density at radius 1 is 1.05 bits per heavy atom. The Balaban J connectivity index is 2.61. The van der Waals surface area contributed by atoms with Gasteiger partial charge in [0.15, 0.2) is 0 Å². The lowest BCUT2D eigenvalue weighted by Crippen LogP contribution is -2.22. The molecule has 2 aromatic rings. The van der Waals surface area contributed by atoms with Crippen molar-refractivity contribution in [2.75, 3.05) is 38.0 Å². The fourth-order valence-corrected chi connectivity index (χ4v) is 2.89. The van der Waals surface area contributed by atoms with Crippen LogP contribution >= 0.6 is 0 Å². The zero-order chi connectivity index (χ0) is 15.8. The summed E-state index contributed by atoms with van der Waals surface area (Å²) in [7, 11) is 2.82. The fraction of sp³-hybridized carbons (Fsp3) is 0.333. The van der Waals surface area contributed by atoms with Crippen LogP contribution in [-0.2, 0) is 10.0 Å². The average molecular weight is 313 g/mol. The molecule has 0 aliphatic carbocycles. The van der Waals surface area contributed by atoms with E-state index in [2.05, 4.69) is 10.1 Å². The summed E-state index contributed by atoms with van der Waals surface area (Å²) in [6.45, 7) is 0. The highest BCUT2D eigenvalue weighted by molar-refractivity contribution is 7.90. The number of anilines is 2. The molecule has 1 aromatic carbocycles. The summed E-state index contributed by atoms with van der Waals surface area (Å²) in [6.07, 6.45) is 0. The van der Waals surface area contributed by atoms with Crippen LogP contribution in [0, 0.1) is 5.82 Å². The number of nitrogens with zero attached hydrogens (tertiary/aromatic N) is 5. The van der Waals surface area contributed by atoms with Crippen molar-refractivity contribution in [2.24, 2.45) is 0 Å². The predicted octanol–water partition coefficient (Wildman–Crippen LogP) is 0.786. The molecule has 0 radical (unpaired) electrons. The van der Waals surface area contributed by atoms with Gasteiger partial charge < -0.3 is 9.80 Å². The van der Waals surface area contributed by atoms with Crippen molar-refractivity contribution < 1.29 is 12.8 Å². The molecule has 7 nitrogen and oxygen atoms in total. The molecule has 0 amide bonds. The monoisotopic (exact) mass is 313 g/mol. The van der Waals surface area contributed by atoms with Crippen molar-refractivity contribution in [3.05, 3.63) is 30.1 Å². The van der Waals surface area contributed by atoms with Crippen LogP contribution in [0.2, 0.25) is 0 Å². The first-order valence-corrected chi connectivity index (χ1v) is 7.50. The second kappa shape index (κ2) is 5.32. The minimum atomic E-state index is -3.94. The van der Waals surface area contributed by atoms with Crippen molar-refractivity contribution in [1.82, 2.24) is 14.2 Å². The van der Waals surface area contributed by atoms with E-state index in [0.717, 1.165) is 16.2 Å². The molecule has 114 valence electrons. The van der Waals surface area contributed by atoms with E-state index in [1.165, 1.54) is 12.1 Å². The molecule has 0 N–H and O–H groups in total. The Morgan fingerprint density at radius 2 is 1.62 bits per heavy atom. The third-order valence-electron chi connectivity index (χ3n) is 2.69. The van der Waals surface area contributed by atoms with Crippen LogP contribution in [0.25, 0.3) is 0 Å². The van der Waals surface area contributed by atoms with E-state index in [-0.39, 0.29) is 16.8 Å². The van der Waals surface area contributed by atoms with Crippen LogP contribution < -0.4 is 9.80 Å². The first-order valence-electron chi connectivity index (χ1n) is 6.06. The number of hydrogen-bond donors (Lipinski definition) is 0. The van der Waals surface area contributed by atoms with E-state index < -0.39 is 15.8 Å². The molecule has 0 saturated carbocycles. The lowest BCUT2D eigenvalue weighted by Gasteiger charge is -2.12. The number of aromatic nitrogens is 3. The smallest absolute Gasteiger partial charge is 0.286 e. The highest BCUT2D eigenvalue weighted by Crippen LogP contribution is 2.21. The Morgan fingerprint density at radius 3 is 2.10 bits per heavy atom. The van der Waals surface area contributed by atoms with Gasteiger partial charge in [-0.25, -0.2) is 4.39 Å². The van der Waals surface area contributed by atoms with E-state index in [0.29, 0.717) is 0 Å². The van der Waals surface area contributed by atoms with Gasteiger partial charge in [0, 0.05) is 28.2 Å². The van der Waals surface area contributed by atoms with Gasteiger partial charge in [0.1, 0.15) is 5.82 Å². The van der Waals surface area contributed by atoms with Crippen LogP contribution in [0.3, 0.4) is 0 Å². The van der Waals surface area contributed by atoms with Gasteiger partial charge >= 0.3 is 0 Å². The minimum absolute atomic E-state index is 0.0535. The molecule has 0 saturated heterocycles. The van der Waals surface area contributed by atoms with Crippen molar-refractivity contribution in [3.8, 4) is 0 Å². The summed E-state index contributed by atoms with van der Waals surface area (Å²) in [6, 6.07) is 4.57. The average Bonchev–Trinajstić information content (AvgIpc) is 2.85. The zero-order valence-corrected chi connectivity index (χ0v) is 13.0. The van der Waals surface area contributed by atoms with Crippen molar-refractivity contribution in [1.29, 1.82) is 0 Å². The fourth-order valence-electron chi connectivity index (χ4n) is 1.61. The summed E-state index contributed by atoms with van der Waals surface area (Å²) < 4.78 is 39.0. The summed E-state index contributed by atoms with van der Waals surface area (Å²) >= 11 is 0. The first kappa shape index (κ1) is 15.2. The maximum atomic E-state index is 13.0. The van der Waals surface area contributed by atoms with Crippen LogP contribution in [0.5, 0.6) is 0 Å². The standard InChI is InChI=1S/C12H16FN5O2S/c1-16(2)11-14-12(17(3)4)18(15-11)21(19,20)10-7-5-9(13)6-8-10/h5-8H,1-4H3. The molecular formula is C12H16FN5O2S. The molecule has 0 fully saturated rings. The Kier molecular flexibility index (Phi) is 3.86. The summed E-state index contributed by atoms with van der Waals surface area (Å²) in [5.74, 6) is -0.0678. The molecule has 1 aromatic heterocycles. The molecule has 0 spiro atoms. The van der Waals surface area contributed by atoms with Gasteiger partial charge in [0.25, 0.3) is 10.0 Å². The van der Waals surface area contributed by atoms with Gasteiger partial charge in [-0.2, -0.15) is 13.4 Å². The third-order valence-corrected chi connectivity index (χ3v) is 4.26. The first-order chi connectivity index (χ1) is 9.73. The molecule has 9 heteroatoms. The van der Waals surface area contributed by atoms with E-state index in [4.69, 9.17) is 0 Å². The molecule has 0 atom stereocenters. The third kappa shape index (κ3) is 2.82. The summed E-state index contributed by atoms with van der Waals surface area (Å²) in [5.41, 5.74) is 0. The zero-order valence-electron chi connectivity index (χ0n) is 12.1. The lowest BCUT2D eigenvalue weighted by atomic mass is 10.4. The Hall–Kier alpha value is -2.16. The molecule has 21 heavy (non-hydrogen) atoms. The topological polar surface area (TPSA) is 71.3 Å². The number of halogens is 1. The van der Waals surface area contributed by atoms with Gasteiger partial charge in [-0.05, 0) is 24.3 Å². The van der Waals surface area contributed by atoms with Crippen LogP contribution in [0.15, 0.2) is 29.2 Å². The highest BCUT2D eigenvalue weighted by Gasteiger charge is 2.25. The molecule has 0 aliphatic rings. The van der Waals surface area contributed by atoms with Crippen LogP contribution in [0.4, 0.5) is 16.3 Å². The van der Waals surface area contributed by atoms with Crippen molar-refractivity contribution >= 4 is 21.9 Å². The maximum absolute atomic E-state index is 13.0. The quantitative estimate of drug-likeness (QED) is 0.831. The predicted molar refractivity (Wildman–Crippen MR) is 77.7 cm³/mol. The molecular weight excluding hydrogens is 297 g/mol. The SMILES string of the molecule is CN(C)c1nc(N(C)C)n(S(=O)(=O)c2ccc(F)cc2)n1. The van der Waals surface area contributed by atoms with Gasteiger partial charge in [-0.1, -0.05) is 0 Å². The normalized spacial score (nSPS) is 11.5. The second-order valence-corrected chi connectivity index (χ2v) is 6.57. The van der Waals surface area contributed by atoms with Crippen LogP contribution in [-0.4, -0.2) is 50.8 Å². The van der Waals surface area contributed by atoms with Crippen molar-refractivity contribution in [2.45, 2.75) is 4.90 Å². The summed E-state index contributed by atoms with van der Waals surface area (Å²) in [4.78, 5) is 7.26. The maximum Gasteiger partial charge on any atom is 0.286 e. The Bertz CT molecular complexity index is 738. The minimum Gasteiger partial charge on any atom is -0.346 e. The largest absolute Gasteiger partial charge is 0.346 e. The van der Waals surface area contributed by atoms with E-state index in [9.17, 15) is 12.8 Å². The van der Waals surface area contributed by atoms with Crippen LogP contribution in [0.1, 0.15) is 0 Å².